The molecule has 1 aliphatic carbocycles. The smallest absolute Gasteiger partial charge is 0.151 e. The fraction of sp³-hybridized carbons (Fsp3) is 0.500. The first kappa shape index (κ1) is 12.0. The molecule has 1 aliphatic rings. The lowest BCUT2D eigenvalue weighted by atomic mass is 10.2. The van der Waals surface area contributed by atoms with Gasteiger partial charge in [-0.25, -0.2) is 9.37 Å². The Kier molecular flexibility index (Phi) is 3.25. The average Bonchev–Trinajstić information content (AvgIpc) is 3.12. The fourth-order valence-electron chi connectivity index (χ4n) is 2.46. The van der Waals surface area contributed by atoms with E-state index in [0.717, 1.165) is 30.2 Å². The molecule has 3 rings (SSSR count). The Morgan fingerprint density at radius 1 is 1.39 bits per heavy atom. The van der Waals surface area contributed by atoms with Crippen LogP contribution in [0, 0.1) is 11.7 Å². The van der Waals surface area contributed by atoms with Gasteiger partial charge in [0, 0.05) is 6.54 Å². The van der Waals surface area contributed by atoms with E-state index in [9.17, 15) is 4.39 Å². The lowest BCUT2D eigenvalue weighted by Gasteiger charge is -2.07. The molecule has 0 atom stereocenters. The Labute approximate surface area is 111 Å². The van der Waals surface area contributed by atoms with Gasteiger partial charge in [-0.3, -0.25) is 0 Å². The van der Waals surface area contributed by atoms with E-state index >= 15 is 0 Å². The molecule has 0 N–H and O–H groups in total. The summed E-state index contributed by atoms with van der Waals surface area (Å²) in [6.07, 6.45) is 5.14. The molecular formula is C14H16ClFN2. The van der Waals surface area contributed by atoms with Crippen LogP contribution in [-0.2, 0) is 12.4 Å². The molecular weight excluding hydrogens is 251 g/mol. The quantitative estimate of drug-likeness (QED) is 0.745. The van der Waals surface area contributed by atoms with Gasteiger partial charge in [-0.15, -0.1) is 11.6 Å². The number of benzene rings is 1. The lowest BCUT2D eigenvalue weighted by Crippen LogP contribution is -2.02. The number of imidazole rings is 1. The van der Waals surface area contributed by atoms with Crippen LogP contribution in [0.1, 0.15) is 31.5 Å². The molecule has 2 nitrogen and oxygen atoms in total. The van der Waals surface area contributed by atoms with Gasteiger partial charge in [0.15, 0.2) is 5.82 Å². The first-order valence-electron chi connectivity index (χ1n) is 6.49. The maximum atomic E-state index is 13.7. The predicted molar refractivity (Wildman–Crippen MR) is 71.2 cm³/mol. The number of halogens is 2. The van der Waals surface area contributed by atoms with Crippen molar-refractivity contribution in [3.8, 4) is 0 Å². The van der Waals surface area contributed by atoms with Gasteiger partial charge in [0.2, 0.25) is 0 Å². The third-order valence-corrected chi connectivity index (χ3v) is 3.86. The Bertz CT molecular complexity index is 560. The van der Waals surface area contributed by atoms with Gasteiger partial charge >= 0.3 is 0 Å². The monoisotopic (exact) mass is 266 g/mol. The van der Waals surface area contributed by atoms with Gasteiger partial charge in [-0.05, 0) is 30.9 Å². The van der Waals surface area contributed by atoms with Crippen molar-refractivity contribution in [2.75, 3.05) is 0 Å². The molecule has 1 aromatic heterocycles. The SMILES string of the molecule is Fc1cccc2c1nc(CCl)n2CCCC1CC1. The number of aromatic nitrogens is 2. The molecule has 4 heteroatoms. The normalized spacial score (nSPS) is 15.4. The summed E-state index contributed by atoms with van der Waals surface area (Å²) in [5.74, 6) is 1.76. The summed E-state index contributed by atoms with van der Waals surface area (Å²) in [4.78, 5) is 4.30. The first-order valence-corrected chi connectivity index (χ1v) is 7.02. The molecule has 1 heterocycles. The van der Waals surface area contributed by atoms with E-state index in [4.69, 9.17) is 11.6 Å². The van der Waals surface area contributed by atoms with Crippen LogP contribution in [0.25, 0.3) is 11.0 Å². The van der Waals surface area contributed by atoms with Crippen molar-refractivity contribution in [2.45, 2.75) is 38.1 Å². The number of hydrogen-bond acceptors (Lipinski definition) is 1. The fourth-order valence-corrected chi connectivity index (χ4v) is 2.66. The molecule has 1 aromatic carbocycles. The van der Waals surface area contributed by atoms with E-state index in [2.05, 4.69) is 9.55 Å². The van der Waals surface area contributed by atoms with Gasteiger partial charge in [-0.2, -0.15) is 0 Å². The highest BCUT2D eigenvalue weighted by Gasteiger charge is 2.21. The summed E-state index contributed by atoms with van der Waals surface area (Å²) < 4.78 is 15.7. The first-order chi connectivity index (χ1) is 8.79. The van der Waals surface area contributed by atoms with Crippen LogP contribution in [0.3, 0.4) is 0 Å². The Morgan fingerprint density at radius 3 is 2.94 bits per heavy atom. The van der Waals surface area contributed by atoms with E-state index in [-0.39, 0.29) is 5.82 Å². The zero-order valence-corrected chi connectivity index (χ0v) is 11.0. The molecule has 18 heavy (non-hydrogen) atoms. The second kappa shape index (κ2) is 4.88. The van der Waals surface area contributed by atoms with Crippen molar-refractivity contribution in [3.05, 3.63) is 29.8 Å². The van der Waals surface area contributed by atoms with Gasteiger partial charge in [0.25, 0.3) is 0 Å². The minimum atomic E-state index is -0.264. The molecule has 0 radical (unpaired) electrons. The summed E-state index contributed by atoms with van der Waals surface area (Å²) in [6.45, 7) is 0.887. The number of para-hydroxylation sites is 1. The molecule has 1 fully saturated rings. The van der Waals surface area contributed by atoms with Crippen LogP contribution in [0.5, 0.6) is 0 Å². The standard InChI is InChI=1S/C14H16ClFN2/c15-9-13-17-14-11(16)4-1-5-12(14)18(13)8-2-3-10-6-7-10/h1,4-5,10H,2-3,6-9H2. The van der Waals surface area contributed by atoms with Crippen LogP contribution in [-0.4, -0.2) is 9.55 Å². The molecule has 0 unspecified atom stereocenters. The third-order valence-electron chi connectivity index (χ3n) is 3.62. The van der Waals surface area contributed by atoms with E-state index in [1.807, 2.05) is 6.07 Å². The van der Waals surface area contributed by atoms with Crippen LogP contribution < -0.4 is 0 Å². The highest BCUT2D eigenvalue weighted by Crippen LogP contribution is 2.34. The number of fused-ring (bicyclic) bond motifs is 1. The van der Waals surface area contributed by atoms with Crippen LogP contribution in [0.4, 0.5) is 4.39 Å². The predicted octanol–water partition coefficient (Wildman–Crippen LogP) is 4.10. The Balaban J connectivity index is 1.89. The van der Waals surface area contributed by atoms with Crippen molar-refractivity contribution < 1.29 is 4.39 Å². The number of rotatable bonds is 5. The maximum Gasteiger partial charge on any atom is 0.151 e. The van der Waals surface area contributed by atoms with Gasteiger partial charge in [0.05, 0.1) is 11.4 Å². The third kappa shape index (κ3) is 2.24. The van der Waals surface area contributed by atoms with Crippen LogP contribution in [0.15, 0.2) is 18.2 Å². The average molecular weight is 267 g/mol. The zero-order chi connectivity index (χ0) is 12.5. The van der Waals surface area contributed by atoms with E-state index in [1.165, 1.54) is 25.3 Å². The molecule has 0 amide bonds. The number of aryl methyl sites for hydroxylation is 1. The number of alkyl halides is 1. The molecule has 1 saturated carbocycles. The summed E-state index contributed by atoms with van der Waals surface area (Å²) in [7, 11) is 0. The Morgan fingerprint density at radius 2 is 2.22 bits per heavy atom. The minimum absolute atomic E-state index is 0.264. The lowest BCUT2D eigenvalue weighted by molar-refractivity contribution is 0.576. The van der Waals surface area contributed by atoms with Crippen molar-refractivity contribution >= 4 is 22.6 Å². The molecule has 0 saturated heterocycles. The van der Waals surface area contributed by atoms with Crippen molar-refractivity contribution in [1.29, 1.82) is 0 Å². The second-order valence-corrected chi connectivity index (χ2v) is 5.27. The molecule has 0 bridgehead atoms. The maximum absolute atomic E-state index is 13.7. The summed E-state index contributed by atoms with van der Waals surface area (Å²) in [6, 6.07) is 5.09. The van der Waals surface area contributed by atoms with Crippen molar-refractivity contribution in [1.82, 2.24) is 9.55 Å². The van der Waals surface area contributed by atoms with Crippen LogP contribution in [0.2, 0.25) is 0 Å². The Hall–Kier alpha value is -1.09. The van der Waals surface area contributed by atoms with Crippen LogP contribution >= 0.6 is 11.6 Å². The molecule has 0 aliphatic heterocycles. The topological polar surface area (TPSA) is 17.8 Å². The zero-order valence-electron chi connectivity index (χ0n) is 10.2. The highest BCUT2D eigenvalue weighted by molar-refractivity contribution is 6.16. The summed E-state index contributed by atoms with van der Waals surface area (Å²) >= 11 is 5.90. The second-order valence-electron chi connectivity index (χ2n) is 5.01. The molecule has 96 valence electrons. The number of nitrogens with zero attached hydrogens (tertiary/aromatic N) is 2. The molecule has 2 aromatic rings. The highest BCUT2D eigenvalue weighted by atomic mass is 35.5. The van der Waals surface area contributed by atoms with E-state index < -0.39 is 0 Å². The minimum Gasteiger partial charge on any atom is -0.327 e. The summed E-state index contributed by atoms with van der Waals surface area (Å²) in [5, 5.41) is 0. The van der Waals surface area contributed by atoms with E-state index in [0.29, 0.717) is 11.4 Å². The van der Waals surface area contributed by atoms with Gasteiger partial charge in [0.1, 0.15) is 11.3 Å². The molecule has 0 spiro atoms. The largest absolute Gasteiger partial charge is 0.327 e. The number of hydrogen-bond donors (Lipinski definition) is 0. The van der Waals surface area contributed by atoms with Crippen molar-refractivity contribution in [2.24, 2.45) is 5.92 Å². The van der Waals surface area contributed by atoms with Crippen molar-refractivity contribution in [3.63, 3.8) is 0 Å². The van der Waals surface area contributed by atoms with E-state index in [1.54, 1.807) is 6.07 Å². The summed E-state index contributed by atoms with van der Waals surface area (Å²) in [5.41, 5.74) is 1.31. The van der Waals surface area contributed by atoms with Gasteiger partial charge < -0.3 is 4.57 Å². The van der Waals surface area contributed by atoms with Gasteiger partial charge in [-0.1, -0.05) is 18.9 Å².